The molecule has 1 amide bonds. The molecule has 7 nitrogen and oxygen atoms in total. The van der Waals surface area contributed by atoms with E-state index in [9.17, 15) is 19.1 Å². The van der Waals surface area contributed by atoms with Crippen molar-refractivity contribution in [3.63, 3.8) is 0 Å². The van der Waals surface area contributed by atoms with Crippen molar-refractivity contribution in [2.45, 2.75) is 25.4 Å². The molecular formula is C22H21FN4O3. The number of aromatic hydroxyl groups is 1. The van der Waals surface area contributed by atoms with E-state index in [1.54, 1.807) is 12.1 Å². The van der Waals surface area contributed by atoms with Gasteiger partial charge in [-0.15, -0.1) is 0 Å². The molecule has 154 valence electrons. The van der Waals surface area contributed by atoms with Crippen LogP contribution < -0.4 is 16.2 Å². The number of benzene rings is 2. The number of nitrogens with one attached hydrogen (secondary N) is 2. The fraction of sp³-hybridized carbons (Fsp3) is 0.227. The van der Waals surface area contributed by atoms with Crippen LogP contribution in [0.3, 0.4) is 0 Å². The summed E-state index contributed by atoms with van der Waals surface area (Å²) in [5.74, 6) is -1.37. The van der Waals surface area contributed by atoms with Gasteiger partial charge in [-0.05, 0) is 42.2 Å². The molecule has 0 saturated carbocycles. The number of para-hydroxylation sites is 1. The van der Waals surface area contributed by atoms with Crippen molar-refractivity contribution < 1.29 is 14.3 Å². The summed E-state index contributed by atoms with van der Waals surface area (Å²) in [6.45, 7) is 0.111. The van der Waals surface area contributed by atoms with Gasteiger partial charge in [0.15, 0.2) is 5.69 Å². The van der Waals surface area contributed by atoms with Gasteiger partial charge < -0.3 is 15.7 Å². The van der Waals surface area contributed by atoms with E-state index in [1.165, 1.54) is 29.3 Å². The van der Waals surface area contributed by atoms with Gasteiger partial charge in [-0.3, -0.25) is 14.2 Å². The first kappa shape index (κ1) is 19.6. The van der Waals surface area contributed by atoms with Crippen LogP contribution in [0.25, 0.3) is 0 Å². The first-order chi connectivity index (χ1) is 14.4. The molecule has 1 unspecified atom stereocenters. The predicted molar refractivity (Wildman–Crippen MR) is 110 cm³/mol. The normalized spacial score (nSPS) is 15.2. The number of nitrogens with zero attached hydrogens (tertiary/aromatic N) is 2. The highest BCUT2D eigenvalue weighted by Gasteiger charge is 2.26. The van der Waals surface area contributed by atoms with Crippen molar-refractivity contribution in [2.75, 3.05) is 5.32 Å². The van der Waals surface area contributed by atoms with Crippen molar-refractivity contribution in [3.8, 4) is 5.75 Å². The van der Waals surface area contributed by atoms with Crippen molar-refractivity contribution >= 4 is 11.6 Å². The second-order valence-corrected chi connectivity index (χ2v) is 7.23. The summed E-state index contributed by atoms with van der Waals surface area (Å²) in [6, 6.07) is 13.3. The lowest BCUT2D eigenvalue weighted by atomic mass is 9.97. The number of hydrogen-bond donors (Lipinski definition) is 3. The van der Waals surface area contributed by atoms with Gasteiger partial charge in [-0.1, -0.05) is 30.3 Å². The highest BCUT2D eigenvalue weighted by atomic mass is 19.1. The number of carbonyl (C=O) groups is 1. The Morgan fingerprint density at radius 1 is 1.27 bits per heavy atom. The number of carbonyl (C=O) groups excluding carboxylic acids is 1. The second kappa shape index (κ2) is 7.98. The quantitative estimate of drug-likeness (QED) is 0.617. The van der Waals surface area contributed by atoms with Crippen LogP contribution in [-0.4, -0.2) is 20.6 Å². The predicted octanol–water partition coefficient (Wildman–Crippen LogP) is 2.65. The SMILES string of the molecule is Cn1c(C2CCc3ccccc3N2)nc(C(=O)NCc2ccc(F)cc2)c(O)c1=O. The number of amides is 1. The lowest BCUT2D eigenvalue weighted by Crippen LogP contribution is -2.33. The zero-order valence-electron chi connectivity index (χ0n) is 16.4. The maximum absolute atomic E-state index is 13.0. The molecule has 0 radical (unpaired) electrons. The molecule has 0 fully saturated rings. The Bertz CT molecular complexity index is 1160. The van der Waals surface area contributed by atoms with Crippen molar-refractivity contribution in [1.82, 2.24) is 14.9 Å². The Labute approximate surface area is 172 Å². The third-order valence-electron chi connectivity index (χ3n) is 5.24. The van der Waals surface area contributed by atoms with E-state index in [0.717, 1.165) is 12.1 Å². The third kappa shape index (κ3) is 3.76. The molecule has 3 aromatic rings. The zero-order valence-corrected chi connectivity index (χ0v) is 16.4. The molecule has 0 bridgehead atoms. The smallest absolute Gasteiger partial charge is 0.296 e. The maximum atomic E-state index is 13.0. The van der Waals surface area contributed by atoms with Crippen LogP contribution in [0.5, 0.6) is 5.75 Å². The Balaban J connectivity index is 1.60. The fourth-order valence-electron chi connectivity index (χ4n) is 3.58. The molecule has 3 N–H and O–H groups in total. The highest BCUT2D eigenvalue weighted by molar-refractivity contribution is 5.94. The monoisotopic (exact) mass is 408 g/mol. The first-order valence-corrected chi connectivity index (χ1v) is 9.61. The summed E-state index contributed by atoms with van der Waals surface area (Å²) < 4.78 is 14.3. The second-order valence-electron chi connectivity index (χ2n) is 7.23. The molecule has 4 rings (SSSR count). The number of aryl methyl sites for hydroxylation is 1. The van der Waals surface area contributed by atoms with Crippen molar-refractivity contribution in [2.24, 2.45) is 7.05 Å². The minimum Gasteiger partial charge on any atom is -0.501 e. The van der Waals surface area contributed by atoms with Crippen LogP contribution in [0, 0.1) is 5.82 Å². The van der Waals surface area contributed by atoms with Gasteiger partial charge in [0.2, 0.25) is 5.75 Å². The number of anilines is 1. The average Bonchev–Trinajstić information content (AvgIpc) is 2.77. The van der Waals surface area contributed by atoms with E-state index in [0.29, 0.717) is 17.8 Å². The average molecular weight is 408 g/mol. The Kier molecular flexibility index (Phi) is 5.22. The molecule has 1 aromatic heterocycles. The number of hydrogen-bond acceptors (Lipinski definition) is 5. The standard InChI is InChI=1S/C22H21FN4O3/c1-27-20(17-11-8-14-4-2-3-5-16(14)25-17)26-18(19(28)22(27)30)21(29)24-12-13-6-9-15(23)10-7-13/h2-7,9-10,17,25,28H,8,11-12H2,1H3,(H,24,29). The van der Waals surface area contributed by atoms with Crippen LogP contribution >= 0.6 is 0 Å². The van der Waals surface area contributed by atoms with Crippen molar-refractivity contribution in [3.05, 3.63) is 87.3 Å². The third-order valence-corrected chi connectivity index (χ3v) is 5.24. The van der Waals surface area contributed by atoms with Gasteiger partial charge in [0.05, 0.1) is 6.04 Å². The van der Waals surface area contributed by atoms with E-state index in [4.69, 9.17) is 0 Å². The molecule has 2 aromatic carbocycles. The lowest BCUT2D eigenvalue weighted by Gasteiger charge is -2.28. The number of aromatic nitrogens is 2. The molecule has 1 atom stereocenters. The summed E-state index contributed by atoms with van der Waals surface area (Å²) in [6.07, 6.45) is 1.50. The summed E-state index contributed by atoms with van der Waals surface area (Å²) in [7, 11) is 1.52. The molecule has 1 aliphatic heterocycles. The first-order valence-electron chi connectivity index (χ1n) is 9.61. The van der Waals surface area contributed by atoms with Crippen LogP contribution in [0.2, 0.25) is 0 Å². The van der Waals surface area contributed by atoms with Crippen LogP contribution in [0.1, 0.15) is 39.9 Å². The van der Waals surface area contributed by atoms with Crippen LogP contribution in [-0.2, 0) is 20.0 Å². The molecule has 30 heavy (non-hydrogen) atoms. The van der Waals surface area contributed by atoms with Gasteiger partial charge in [-0.25, -0.2) is 9.37 Å². The lowest BCUT2D eigenvalue weighted by molar-refractivity contribution is 0.0941. The largest absolute Gasteiger partial charge is 0.501 e. The highest BCUT2D eigenvalue weighted by Crippen LogP contribution is 2.31. The summed E-state index contributed by atoms with van der Waals surface area (Å²) in [5, 5.41) is 16.2. The van der Waals surface area contributed by atoms with Crippen LogP contribution in [0.4, 0.5) is 10.1 Å². The van der Waals surface area contributed by atoms with Gasteiger partial charge in [0.25, 0.3) is 11.5 Å². The Morgan fingerprint density at radius 3 is 2.77 bits per heavy atom. The molecule has 1 aliphatic rings. The van der Waals surface area contributed by atoms with Gasteiger partial charge in [-0.2, -0.15) is 0 Å². The zero-order chi connectivity index (χ0) is 21.3. The van der Waals surface area contributed by atoms with Gasteiger partial charge >= 0.3 is 0 Å². The Morgan fingerprint density at radius 2 is 2.00 bits per heavy atom. The maximum Gasteiger partial charge on any atom is 0.296 e. The van der Waals surface area contributed by atoms with E-state index in [-0.39, 0.29) is 24.1 Å². The molecule has 2 heterocycles. The molecular weight excluding hydrogens is 387 g/mol. The van der Waals surface area contributed by atoms with E-state index in [1.807, 2.05) is 24.3 Å². The topological polar surface area (TPSA) is 96.2 Å². The summed E-state index contributed by atoms with van der Waals surface area (Å²) >= 11 is 0. The number of fused-ring (bicyclic) bond motifs is 1. The minimum absolute atomic E-state index is 0.111. The minimum atomic E-state index is -0.700. The summed E-state index contributed by atoms with van der Waals surface area (Å²) in [5.41, 5.74) is 1.80. The summed E-state index contributed by atoms with van der Waals surface area (Å²) in [4.78, 5) is 29.5. The molecule has 0 spiro atoms. The fourth-order valence-corrected chi connectivity index (χ4v) is 3.58. The molecule has 0 aliphatic carbocycles. The van der Waals surface area contributed by atoms with E-state index in [2.05, 4.69) is 15.6 Å². The number of halogens is 1. The van der Waals surface area contributed by atoms with Gasteiger partial charge in [0, 0.05) is 19.3 Å². The Hall–Kier alpha value is -3.68. The van der Waals surface area contributed by atoms with Crippen molar-refractivity contribution in [1.29, 1.82) is 0 Å². The van der Waals surface area contributed by atoms with E-state index < -0.39 is 17.2 Å². The van der Waals surface area contributed by atoms with Gasteiger partial charge in [0.1, 0.15) is 11.6 Å². The van der Waals surface area contributed by atoms with Crippen LogP contribution in [0.15, 0.2) is 53.3 Å². The number of rotatable bonds is 4. The molecule has 0 saturated heterocycles. The van der Waals surface area contributed by atoms with E-state index >= 15 is 0 Å². The molecule has 8 heteroatoms.